The predicted octanol–water partition coefficient (Wildman–Crippen LogP) is 2.91. The Labute approximate surface area is 150 Å². The van der Waals surface area contributed by atoms with Crippen LogP contribution in [0.2, 0.25) is 0 Å². The molecular weight excluding hydrogens is 362 g/mol. The molecule has 0 aliphatic carbocycles. The Balaban J connectivity index is 1.84. The van der Waals surface area contributed by atoms with Gasteiger partial charge in [-0.1, -0.05) is 6.07 Å². The molecule has 26 heavy (non-hydrogen) atoms. The smallest absolute Gasteiger partial charge is 0.241 e. The molecule has 0 saturated heterocycles. The monoisotopic (exact) mass is 380 g/mol. The summed E-state index contributed by atoms with van der Waals surface area (Å²) in [7, 11) is -3.86. The molecule has 2 aromatic carbocycles. The maximum Gasteiger partial charge on any atom is 0.241 e. The van der Waals surface area contributed by atoms with E-state index in [0.717, 1.165) is 17.7 Å². The third-order valence-corrected chi connectivity index (χ3v) is 5.95. The van der Waals surface area contributed by atoms with Crippen LogP contribution in [-0.2, 0) is 21.2 Å². The SMILES string of the molecule is CC(=O)N1CCc2cc(S(=O)(=O)NC(C)c3ccc(F)c(F)c3)ccc21. The number of hydrogen-bond donors (Lipinski definition) is 1. The first-order chi connectivity index (χ1) is 12.2. The molecule has 5 nitrogen and oxygen atoms in total. The van der Waals surface area contributed by atoms with Gasteiger partial charge in [-0.05, 0) is 54.8 Å². The molecule has 3 rings (SSSR count). The van der Waals surface area contributed by atoms with Crippen molar-refractivity contribution in [3.63, 3.8) is 0 Å². The lowest BCUT2D eigenvalue weighted by molar-refractivity contribution is -0.116. The molecule has 0 saturated carbocycles. The maximum atomic E-state index is 13.4. The van der Waals surface area contributed by atoms with E-state index in [2.05, 4.69) is 4.72 Å². The van der Waals surface area contributed by atoms with Crippen LogP contribution in [0.5, 0.6) is 0 Å². The summed E-state index contributed by atoms with van der Waals surface area (Å²) in [6, 6.07) is 7.10. The number of anilines is 1. The average Bonchev–Trinajstić information content (AvgIpc) is 3.00. The minimum Gasteiger partial charge on any atom is -0.312 e. The summed E-state index contributed by atoms with van der Waals surface area (Å²) in [6.07, 6.45) is 0.580. The van der Waals surface area contributed by atoms with Gasteiger partial charge in [0.05, 0.1) is 4.90 Å². The molecule has 0 spiro atoms. The van der Waals surface area contributed by atoms with Gasteiger partial charge in [0, 0.05) is 25.2 Å². The molecule has 8 heteroatoms. The topological polar surface area (TPSA) is 66.5 Å². The minimum absolute atomic E-state index is 0.0658. The Bertz CT molecular complexity index is 976. The van der Waals surface area contributed by atoms with Crippen molar-refractivity contribution in [2.24, 2.45) is 0 Å². The van der Waals surface area contributed by atoms with E-state index in [-0.39, 0.29) is 10.8 Å². The van der Waals surface area contributed by atoms with Crippen LogP contribution in [0.25, 0.3) is 0 Å². The highest BCUT2D eigenvalue weighted by molar-refractivity contribution is 7.89. The molecule has 0 bridgehead atoms. The number of sulfonamides is 1. The molecule has 1 unspecified atom stereocenters. The van der Waals surface area contributed by atoms with Crippen LogP contribution in [-0.4, -0.2) is 20.9 Å². The average molecular weight is 380 g/mol. The molecule has 138 valence electrons. The summed E-state index contributed by atoms with van der Waals surface area (Å²) in [5, 5.41) is 0. The van der Waals surface area contributed by atoms with Gasteiger partial charge in [-0.3, -0.25) is 4.79 Å². The van der Waals surface area contributed by atoms with Gasteiger partial charge in [-0.25, -0.2) is 21.9 Å². The highest BCUT2D eigenvalue weighted by Crippen LogP contribution is 2.30. The lowest BCUT2D eigenvalue weighted by Crippen LogP contribution is -2.27. The second-order valence-electron chi connectivity index (χ2n) is 6.23. The Morgan fingerprint density at radius 1 is 1.15 bits per heavy atom. The number of fused-ring (bicyclic) bond motifs is 1. The summed E-state index contributed by atoms with van der Waals surface area (Å²) in [5.41, 5.74) is 1.81. The molecule has 1 aliphatic heterocycles. The molecule has 1 heterocycles. The first-order valence-corrected chi connectivity index (χ1v) is 9.55. The van der Waals surface area contributed by atoms with Gasteiger partial charge in [0.2, 0.25) is 15.9 Å². The number of benzene rings is 2. The maximum absolute atomic E-state index is 13.4. The fourth-order valence-corrected chi connectivity index (χ4v) is 4.31. The Kier molecular flexibility index (Phi) is 4.81. The molecule has 0 fully saturated rings. The number of halogens is 2. The van der Waals surface area contributed by atoms with Crippen molar-refractivity contribution >= 4 is 21.6 Å². The third kappa shape index (κ3) is 3.47. The largest absolute Gasteiger partial charge is 0.312 e. The van der Waals surface area contributed by atoms with Crippen molar-refractivity contribution in [3.8, 4) is 0 Å². The predicted molar refractivity (Wildman–Crippen MR) is 93.3 cm³/mol. The zero-order valence-corrected chi connectivity index (χ0v) is 15.1. The fraction of sp³-hybridized carbons (Fsp3) is 0.278. The first kappa shape index (κ1) is 18.5. The minimum atomic E-state index is -3.86. The van der Waals surface area contributed by atoms with Crippen molar-refractivity contribution in [2.75, 3.05) is 11.4 Å². The van der Waals surface area contributed by atoms with Crippen molar-refractivity contribution in [3.05, 3.63) is 59.2 Å². The fourth-order valence-electron chi connectivity index (χ4n) is 3.02. The second-order valence-corrected chi connectivity index (χ2v) is 7.94. The quantitative estimate of drug-likeness (QED) is 0.887. The number of nitrogens with one attached hydrogen (secondary N) is 1. The van der Waals surface area contributed by atoms with E-state index < -0.39 is 27.7 Å². The summed E-state index contributed by atoms with van der Waals surface area (Å²) in [6.45, 7) is 3.53. The van der Waals surface area contributed by atoms with Crippen LogP contribution in [0.1, 0.15) is 31.0 Å². The molecule has 1 N–H and O–H groups in total. The summed E-state index contributed by atoms with van der Waals surface area (Å²) < 4.78 is 54.1. The molecule has 1 aliphatic rings. The Hall–Kier alpha value is -2.32. The standard InChI is InChI=1S/C18H18F2N2O3S/c1-11(13-3-5-16(19)17(20)10-13)21-26(24,25)15-4-6-18-14(9-15)7-8-22(18)12(2)23/h3-6,9-11,21H,7-8H2,1-2H3. The van der Waals surface area contributed by atoms with Crippen LogP contribution in [0.4, 0.5) is 14.5 Å². The highest BCUT2D eigenvalue weighted by atomic mass is 32.2. The zero-order chi connectivity index (χ0) is 19.1. The summed E-state index contributed by atoms with van der Waals surface area (Å²) >= 11 is 0. The molecular formula is C18H18F2N2O3S. The summed E-state index contributed by atoms with van der Waals surface area (Å²) in [5.74, 6) is -2.11. The van der Waals surface area contributed by atoms with E-state index in [4.69, 9.17) is 0 Å². The van der Waals surface area contributed by atoms with Gasteiger partial charge in [0.25, 0.3) is 0 Å². The number of hydrogen-bond acceptors (Lipinski definition) is 3. The molecule has 0 aromatic heterocycles. The van der Waals surface area contributed by atoms with Crippen LogP contribution in [0.15, 0.2) is 41.3 Å². The second kappa shape index (κ2) is 6.77. The van der Waals surface area contributed by atoms with Crippen molar-refractivity contribution in [1.29, 1.82) is 0 Å². The van der Waals surface area contributed by atoms with E-state index in [1.807, 2.05) is 0 Å². The van der Waals surface area contributed by atoms with E-state index in [9.17, 15) is 22.0 Å². The first-order valence-electron chi connectivity index (χ1n) is 8.07. The van der Waals surface area contributed by atoms with Crippen LogP contribution < -0.4 is 9.62 Å². The number of carbonyl (C=O) groups excluding carboxylic acids is 1. The summed E-state index contributed by atoms with van der Waals surface area (Å²) in [4.78, 5) is 13.2. The van der Waals surface area contributed by atoms with Gasteiger partial charge in [0.1, 0.15) is 0 Å². The number of nitrogens with zero attached hydrogens (tertiary/aromatic N) is 1. The van der Waals surface area contributed by atoms with Crippen molar-refractivity contribution < 1.29 is 22.0 Å². The molecule has 1 atom stereocenters. The van der Waals surface area contributed by atoms with Crippen molar-refractivity contribution in [2.45, 2.75) is 31.2 Å². The number of carbonyl (C=O) groups is 1. The Morgan fingerprint density at radius 3 is 2.54 bits per heavy atom. The Morgan fingerprint density at radius 2 is 1.88 bits per heavy atom. The zero-order valence-electron chi connectivity index (χ0n) is 14.3. The number of amides is 1. The molecule has 0 radical (unpaired) electrons. The van der Waals surface area contributed by atoms with Gasteiger partial charge in [0.15, 0.2) is 11.6 Å². The van der Waals surface area contributed by atoms with Crippen molar-refractivity contribution in [1.82, 2.24) is 4.72 Å². The lowest BCUT2D eigenvalue weighted by Gasteiger charge is -2.17. The van der Waals surface area contributed by atoms with E-state index >= 15 is 0 Å². The van der Waals surface area contributed by atoms with Gasteiger partial charge >= 0.3 is 0 Å². The van der Waals surface area contributed by atoms with Crippen LogP contribution in [0, 0.1) is 11.6 Å². The van der Waals surface area contributed by atoms with Gasteiger partial charge in [-0.2, -0.15) is 0 Å². The lowest BCUT2D eigenvalue weighted by atomic mass is 10.1. The molecule has 2 aromatic rings. The van der Waals surface area contributed by atoms with E-state index in [1.165, 1.54) is 19.1 Å². The molecule has 1 amide bonds. The van der Waals surface area contributed by atoms with E-state index in [1.54, 1.807) is 24.0 Å². The van der Waals surface area contributed by atoms with Gasteiger partial charge in [-0.15, -0.1) is 0 Å². The highest BCUT2D eigenvalue weighted by Gasteiger charge is 2.25. The normalized spacial score (nSPS) is 15.0. The van der Waals surface area contributed by atoms with Gasteiger partial charge < -0.3 is 4.90 Å². The van der Waals surface area contributed by atoms with Crippen LogP contribution >= 0.6 is 0 Å². The third-order valence-electron chi connectivity index (χ3n) is 4.41. The number of rotatable bonds is 4. The van der Waals surface area contributed by atoms with Crippen LogP contribution in [0.3, 0.4) is 0 Å². The van der Waals surface area contributed by atoms with E-state index in [0.29, 0.717) is 24.2 Å².